The molecule has 0 saturated heterocycles. The number of benzene rings is 9. The quantitative estimate of drug-likeness (QED) is 0.163. The highest BCUT2D eigenvalue weighted by Gasteiger charge is 2.45. The summed E-state index contributed by atoms with van der Waals surface area (Å²) in [6, 6.07) is 81.0. The molecular formula is C55H37NO. The Morgan fingerprint density at radius 2 is 0.930 bits per heavy atom. The molecule has 0 fully saturated rings. The van der Waals surface area contributed by atoms with E-state index in [-0.39, 0.29) is 0 Å². The summed E-state index contributed by atoms with van der Waals surface area (Å²) >= 11 is 0. The minimum Gasteiger partial charge on any atom is -0.455 e. The van der Waals surface area contributed by atoms with Crippen LogP contribution in [-0.2, 0) is 5.41 Å². The average molecular weight is 728 g/mol. The van der Waals surface area contributed by atoms with Gasteiger partial charge < -0.3 is 9.32 Å². The summed E-state index contributed by atoms with van der Waals surface area (Å²) in [6.07, 6.45) is 0. The summed E-state index contributed by atoms with van der Waals surface area (Å²) in [7, 11) is 0. The summed E-state index contributed by atoms with van der Waals surface area (Å²) in [5, 5.41) is 2.18. The van der Waals surface area contributed by atoms with Gasteiger partial charge in [-0.3, -0.25) is 0 Å². The zero-order chi connectivity index (χ0) is 37.8. The third kappa shape index (κ3) is 5.18. The lowest BCUT2D eigenvalue weighted by atomic mass is 9.67. The van der Waals surface area contributed by atoms with E-state index in [1.54, 1.807) is 0 Å². The van der Waals surface area contributed by atoms with E-state index < -0.39 is 5.41 Å². The first kappa shape index (κ1) is 33.0. The van der Waals surface area contributed by atoms with Gasteiger partial charge in [-0.15, -0.1) is 0 Å². The van der Waals surface area contributed by atoms with Crippen LogP contribution in [0.1, 0.15) is 22.3 Å². The molecule has 0 aliphatic heterocycles. The van der Waals surface area contributed by atoms with Gasteiger partial charge in [-0.2, -0.15) is 0 Å². The Labute approximate surface area is 332 Å². The molecule has 0 amide bonds. The van der Waals surface area contributed by atoms with Gasteiger partial charge in [0.05, 0.1) is 16.5 Å². The lowest BCUT2D eigenvalue weighted by Gasteiger charge is -2.34. The number of para-hydroxylation sites is 2. The lowest BCUT2D eigenvalue weighted by molar-refractivity contribution is 0.670. The molecule has 10 aromatic rings. The van der Waals surface area contributed by atoms with Gasteiger partial charge in [0, 0.05) is 22.3 Å². The van der Waals surface area contributed by atoms with Crippen molar-refractivity contribution in [2.75, 3.05) is 4.90 Å². The molecule has 1 heterocycles. The summed E-state index contributed by atoms with van der Waals surface area (Å²) < 4.78 is 6.70. The second-order valence-electron chi connectivity index (χ2n) is 14.8. The van der Waals surface area contributed by atoms with Crippen LogP contribution < -0.4 is 4.90 Å². The van der Waals surface area contributed by atoms with Crippen LogP contribution in [-0.4, -0.2) is 0 Å². The van der Waals surface area contributed by atoms with Crippen molar-refractivity contribution in [2.24, 2.45) is 0 Å². The van der Waals surface area contributed by atoms with Crippen LogP contribution in [0.4, 0.5) is 17.1 Å². The van der Waals surface area contributed by atoms with E-state index in [9.17, 15) is 0 Å². The predicted octanol–water partition coefficient (Wildman–Crippen LogP) is 14.8. The largest absolute Gasteiger partial charge is 0.455 e. The van der Waals surface area contributed by atoms with Gasteiger partial charge in [0.1, 0.15) is 11.2 Å². The van der Waals surface area contributed by atoms with Crippen molar-refractivity contribution in [1.82, 2.24) is 0 Å². The molecule has 11 rings (SSSR count). The van der Waals surface area contributed by atoms with Gasteiger partial charge in [0.25, 0.3) is 0 Å². The molecular weight excluding hydrogens is 691 g/mol. The zero-order valence-corrected chi connectivity index (χ0v) is 31.2. The molecule has 0 N–H and O–H groups in total. The fraction of sp³-hybridized carbons (Fsp3) is 0.0182. The SMILES string of the molecule is c1ccc(-c2ccc(N(c3ccccc3)c3cccc(-c4ccc(C5(c6ccccc6)c6ccccc6-c6ccccc65)cc4)c3)c3c2oc2ccccc23)cc1. The number of nitrogens with zero attached hydrogens (tertiary/aromatic N) is 1. The van der Waals surface area contributed by atoms with Crippen molar-refractivity contribution in [3.63, 3.8) is 0 Å². The van der Waals surface area contributed by atoms with E-state index in [1.165, 1.54) is 33.4 Å². The molecule has 0 unspecified atom stereocenters. The fourth-order valence-corrected chi connectivity index (χ4v) is 9.30. The van der Waals surface area contributed by atoms with Gasteiger partial charge >= 0.3 is 0 Å². The first-order chi connectivity index (χ1) is 28.3. The minimum absolute atomic E-state index is 0.427. The Bertz CT molecular complexity index is 3010. The van der Waals surface area contributed by atoms with Crippen LogP contribution in [0.3, 0.4) is 0 Å². The molecule has 0 atom stereocenters. The van der Waals surface area contributed by atoms with E-state index in [1.807, 2.05) is 6.07 Å². The monoisotopic (exact) mass is 727 g/mol. The number of hydrogen-bond donors (Lipinski definition) is 0. The van der Waals surface area contributed by atoms with Crippen LogP contribution in [0.15, 0.2) is 229 Å². The predicted molar refractivity (Wildman–Crippen MR) is 237 cm³/mol. The van der Waals surface area contributed by atoms with E-state index in [4.69, 9.17) is 4.42 Å². The molecule has 268 valence electrons. The average Bonchev–Trinajstić information content (AvgIpc) is 3.83. The molecule has 1 aromatic heterocycles. The van der Waals surface area contributed by atoms with Crippen LogP contribution in [0.25, 0.3) is 55.3 Å². The second kappa shape index (κ2) is 13.4. The van der Waals surface area contributed by atoms with Gasteiger partial charge in [-0.1, -0.05) is 182 Å². The van der Waals surface area contributed by atoms with Crippen LogP contribution in [0, 0.1) is 0 Å². The maximum atomic E-state index is 6.70. The highest BCUT2D eigenvalue weighted by atomic mass is 16.3. The molecule has 1 aliphatic carbocycles. The van der Waals surface area contributed by atoms with E-state index in [2.05, 4.69) is 223 Å². The molecule has 0 saturated carbocycles. The standard InChI is InChI=1S/C55H37NO/c1-4-17-39(18-5-1)45-35-36-51(53-48-27-12-15-30-52(48)57-54(45)53)56(43-22-8-3-9-23-43)44-24-16-19-40(37-44)38-31-33-42(34-32-38)55(41-20-6-2-7-21-41)49-28-13-10-25-46(49)47-26-11-14-29-50(47)55/h1-37H. The summed E-state index contributed by atoms with van der Waals surface area (Å²) in [5.74, 6) is 0. The number of hydrogen-bond acceptors (Lipinski definition) is 2. The normalized spacial score (nSPS) is 12.7. The van der Waals surface area contributed by atoms with Crippen molar-refractivity contribution in [1.29, 1.82) is 0 Å². The van der Waals surface area contributed by atoms with Crippen LogP contribution in [0.2, 0.25) is 0 Å². The highest BCUT2D eigenvalue weighted by Crippen LogP contribution is 2.56. The fourth-order valence-electron chi connectivity index (χ4n) is 9.30. The molecule has 1 aliphatic rings. The molecule has 0 spiro atoms. The summed E-state index contributed by atoms with van der Waals surface area (Å²) in [6.45, 7) is 0. The van der Waals surface area contributed by atoms with Crippen molar-refractivity contribution < 1.29 is 4.42 Å². The number of fused-ring (bicyclic) bond motifs is 6. The first-order valence-electron chi connectivity index (χ1n) is 19.6. The van der Waals surface area contributed by atoms with Crippen molar-refractivity contribution in [3.05, 3.63) is 247 Å². The van der Waals surface area contributed by atoms with E-state index in [0.717, 1.165) is 61.3 Å². The Morgan fingerprint density at radius 3 is 1.65 bits per heavy atom. The minimum atomic E-state index is -0.427. The van der Waals surface area contributed by atoms with Gasteiger partial charge in [-0.25, -0.2) is 0 Å². The third-order valence-electron chi connectivity index (χ3n) is 11.8. The second-order valence-corrected chi connectivity index (χ2v) is 14.8. The molecule has 0 bridgehead atoms. The Morgan fingerprint density at radius 1 is 0.368 bits per heavy atom. The molecule has 2 nitrogen and oxygen atoms in total. The molecule has 0 radical (unpaired) electrons. The van der Waals surface area contributed by atoms with Crippen molar-refractivity contribution in [2.45, 2.75) is 5.41 Å². The van der Waals surface area contributed by atoms with Gasteiger partial charge in [-0.05, 0) is 92.5 Å². The van der Waals surface area contributed by atoms with Gasteiger partial charge in [0.15, 0.2) is 0 Å². The maximum absolute atomic E-state index is 6.70. The Balaban J connectivity index is 1.06. The molecule has 57 heavy (non-hydrogen) atoms. The zero-order valence-electron chi connectivity index (χ0n) is 31.2. The van der Waals surface area contributed by atoms with Crippen LogP contribution in [0.5, 0.6) is 0 Å². The topological polar surface area (TPSA) is 16.4 Å². The van der Waals surface area contributed by atoms with Crippen LogP contribution >= 0.6 is 0 Å². The Hall–Kier alpha value is -7.42. The number of furan rings is 1. The lowest BCUT2D eigenvalue weighted by Crippen LogP contribution is -2.28. The van der Waals surface area contributed by atoms with Gasteiger partial charge in [0.2, 0.25) is 0 Å². The highest BCUT2D eigenvalue weighted by molar-refractivity contribution is 6.17. The number of anilines is 3. The van der Waals surface area contributed by atoms with Crippen molar-refractivity contribution in [3.8, 4) is 33.4 Å². The van der Waals surface area contributed by atoms with E-state index >= 15 is 0 Å². The summed E-state index contributed by atoms with van der Waals surface area (Å²) in [5.41, 5.74) is 16.8. The van der Waals surface area contributed by atoms with E-state index in [0.29, 0.717) is 0 Å². The Kier molecular flexibility index (Phi) is 7.75. The number of rotatable bonds is 7. The maximum Gasteiger partial charge on any atom is 0.145 e. The smallest absolute Gasteiger partial charge is 0.145 e. The summed E-state index contributed by atoms with van der Waals surface area (Å²) in [4.78, 5) is 2.37. The first-order valence-corrected chi connectivity index (χ1v) is 19.6. The molecule has 2 heteroatoms. The van der Waals surface area contributed by atoms with Crippen molar-refractivity contribution >= 4 is 39.0 Å². The molecule has 9 aromatic carbocycles. The third-order valence-corrected chi connectivity index (χ3v) is 11.8.